The van der Waals surface area contributed by atoms with Gasteiger partial charge >= 0.3 is 6.09 Å². The topological polar surface area (TPSA) is 127 Å². The molecular weight excluding hydrogens is 680 g/mol. The van der Waals surface area contributed by atoms with E-state index in [1.54, 1.807) is 58.3 Å². The largest absolute Gasteiger partial charge is 0.444 e. The summed E-state index contributed by atoms with van der Waals surface area (Å²) in [6.07, 6.45) is -0.0725. The Morgan fingerprint density at radius 1 is 1.00 bits per heavy atom. The third-order valence-electron chi connectivity index (χ3n) is 8.62. The number of halogens is 4. The molecule has 276 valence electrons. The average Bonchev–Trinajstić information content (AvgIpc) is 3.84. The van der Waals surface area contributed by atoms with E-state index in [1.807, 2.05) is 6.07 Å². The molecule has 2 atom stereocenters. The quantitative estimate of drug-likeness (QED) is 0.114. The van der Waals surface area contributed by atoms with E-state index in [2.05, 4.69) is 26.0 Å². The Hall–Kier alpha value is -5.27. The number of aromatic nitrogens is 3. The number of hydrogen-bond donors (Lipinski definition) is 3. The van der Waals surface area contributed by atoms with E-state index in [-0.39, 0.29) is 35.9 Å². The first-order valence-electron chi connectivity index (χ1n) is 17.1. The summed E-state index contributed by atoms with van der Waals surface area (Å²) in [6, 6.07) is 14.9. The number of pyridine rings is 1. The second-order valence-corrected chi connectivity index (χ2v) is 13.8. The molecule has 10 nitrogen and oxygen atoms in total. The lowest BCUT2D eigenvalue weighted by Gasteiger charge is -2.36. The monoisotopic (exact) mass is 722 g/mol. The van der Waals surface area contributed by atoms with Crippen LogP contribution in [0.5, 0.6) is 0 Å². The van der Waals surface area contributed by atoms with Gasteiger partial charge in [0, 0.05) is 30.9 Å². The lowest BCUT2D eigenvalue weighted by atomic mass is 9.78. The number of carbonyl (C=O) groups excluding carboxylic acids is 3. The van der Waals surface area contributed by atoms with Crippen molar-refractivity contribution in [3.63, 3.8) is 0 Å². The van der Waals surface area contributed by atoms with E-state index >= 15 is 4.39 Å². The summed E-state index contributed by atoms with van der Waals surface area (Å²) >= 11 is 0. The summed E-state index contributed by atoms with van der Waals surface area (Å²) in [5.41, 5.74) is -1.28. The van der Waals surface area contributed by atoms with Crippen molar-refractivity contribution >= 4 is 23.6 Å². The Morgan fingerprint density at radius 3 is 2.42 bits per heavy atom. The van der Waals surface area contributed by atoms with Gasteiger partial charge in [-0.15, -0.1) is 0 Å². The summed E-state index contributed by atoms with van der Waals surface area (Å²) in [6.45, 7) is 6.87. The molecule has 1 saturated carbocycles. The Balaban J connectivity index is 1.51. The van der Waals surface area contributed by atoms with Crippen molar-refractivity contribution in [2.45, 2.75) is 90.1 Å². The molecule has 0 aliphatic heterocycles. The van der Waals surface area contributed by atoms with Crippen molar-refractivity contribution in [2.75, 3.05) is 5.32 Å². The molecule has 0 bridgehead atoms. The van der Waals surface area contributed by atoms with Crippen LogP contribution in [0.4, 0.5) is 28.0 Å². The average molecular weight is 723 g/mol. The number of rotatable bonds is 14. The molecular formula is C38H42F4N6O4. The van der Waals surface area contributed by atoms with Crippen molar-refractivity contribution in [3.8, 4) is 5.69 Å². The molecule has 1 aliphatic carbocycles. The third kappa shape index (κ3) is 9.33. The fourth-order valence-electron chi connectivity index (χ4n) is 5.81. The number of amides is 3. The van der Waals surface area contributed by atoms with Crippen LogP contribution in [0.1, 0.15) is 98.8 Å². The molecule has 5 rings (SSSR count). The van der Waals surface area contributed by atoms with Crippen LogP contribution in [0, 0.1) is 11.7 Å². The van der Waals surface area contributed by atoms with Gasteiger partial charge in [0.15, 0.2) is 0 Å². The van der Waals surface area contributed by atoms with Crippen molar-refractivity contribution in [1.29, 1.82) is 0 Å². The van der Waals surface area contributed by atoms with Gasteiger partial charge in [0.2, 0.25) is 12.1 Å². The van der Waals surface area contributed by atoms with Gasteiger partial charge in [-0.1, -0.05) is 44.0 Å². The highest BCUT2D eigenvalue weighted by molar-refractivity contribution is 6.03. The number of hydrogen-bond acceptors (Lipinski definition) is 6. The number of benzene rings is 2. The van der Waals surface area contributed by atoms with Gasteiger partial charge < -0.3 is 20.7 Å². The van der Waals surface area contributed by atoms with E-state index in [4.69, 9.17) is 4.74 Å². The van der Waals surface area contributed by atoms with Gasteiger partial charge in [-0.05, 0) is 87.1 Å². The lowest BCUT2D eigenvalue weighted by Crippen LogP contribution is -2.47. The van der Waals surface area contributed by atoms with Crippen LogP contribution in [0.15, 0.2) is 73.1 Å². The highest BCUT2D eigenvalue weighted by Crippen LogP contribution is 2.42. The molecule has 2 heterocycles. The first-order chi connectivity index (χ1) is 24.7. The molecule has 52 heavy (non-hydrogen) atoms. The number of ether oxygens (including phenoxy) is 1. The Bertz CT molecular complexity index is 1890. The maximum absolute atomic E-state index is 15.5. The van der Waals surface area contributed by atoms with E-state index in [9.17, 15) is 27.6 Å². The van der Waals surface area contributed by atoms with Crippen LogP contribution in [-0.2, 0) is 21.6 Å². The normalized spacial score (nSPS) is 14.7. The summed E-state index contributed by atoms with van der Waals surface area (Å²) in [5, 5.41) is 12.3. The van der Waals surface area contributed by atoms with E-state index in [0.29, 0.717) is 29.0 Å². The molecule has 1 aliphatic rings. The van der Waals surface area contributed by atoms with Gasteiger partial charge in [-0.25, -0.2) is 27.0 Å². The Kier molecular flexibility index (Phi) is 11.7. The second kappa shape index (κ2) is 16.0. The fourth-order valence-corrected chi connectivity index (χ4v) is 5.81. The Labute approximate surface area is 299 Å². The van der Waals surface area contributed by atoms with Gasteiger partial charge in [0.05, 0.1) is 16.9 Å². The van der Waals surface area contributed by atoms with E-state index in [0.717, 1.165) is 30.0 Å². The van der Waals surface area contributed by atoms with Gasteiger partial charge in [0.1, 0.15) is 22.8 Å². The molecule has 2 unspecified atom stereocenters. The van der Waals surface area contributed by atoms with Crippen LogP contribution in [0.3, 0.4) is 0 Å². The molecule has 0 saturated heterocycles. The van der Waals surface area contributed by atoms with Gasteiger partial charge in [-0.2, -0.15) is 5.10 Å². The summed E-state index contributed by atoms with van der Waals surface area (Å²) < 4.78 is 63.4. The molecule has 4 aromatic rings. The summed E-state index contributed by atoms with van der Waals surface area (Å²) in [5.74, 6) is -1.52. The van der Waals surface area contributed by atoms with Crippen molar-refractivity contribution in [3.05, 3.63) is 107 Å². The van der Waals surface area contributed by atoms with Gasteiger partial charge in [-0.3, -0.25) is 14.6 Å². The molecule has 3 amide bonds. The van der Waals surface area contributed by atoms with Crippen molar-refractivity contribution < 1.29 is 36.7 Å². The third-order valence-corrected chi connectivity index (χ3v) is 8.62. The highest BCUT2D eigenvalue weighted by Gasteiger charge is 2.38. The second-order valence-electron chi connectivity index (χ2n) is 13.8. The minimum atomic E-state index is -3.42. The number of carbonyl (C=O) groups is 3. The SMILES string of the molecule is CCC(=O)NC(CCC1CC1)(c1cccnc1)c1ccc(F)c(NC(=O)c2cc(C(F)C(F)F)nn2-c2cccc(CNC(=O)OC(C)(C)C)c2)c1. The number of alkyl carbamates (subject to hydrolysis) is 1. The molecule has 14 heteroatoms. The van der Waals surface area contributed by atoms with E-state index < -0.39 is 47.2 Å². The first kappa shape index (κ1) is 38.0. The molecule has 2 aromatic carbocycles. The predicted octanol–water partition coefficient (Wildman–Crippen LogP) is 7.92. The van der Waals surface area contributed by atoms with Crippen LogP contribution in [0.2, 0.25) is 0 Å². The minimum Gasteiger partial charge on any atom is -0.444 e. The zero-order valence-corrected chi connectivity index (χ0v) is 29.4. The lowest BCUT2D eigenvalue weighted by molar-refractivity contribution is -0.122. The van der Waals surface area contributed by atoms with Crippen molar-refractivity contribution in [1.82, 2.24) is 25.4 Å². The zero-order chi connectivity index (χ0) is 37.6. The number of anilines is 1. The van der Waals surface area contributed by atoms with Gasteiger partial charge in [0.25, 0.3) is 12.3 Å². The zero-order valence-electron chi connectivity index (χ0n) is 29.4. The predicted molar refractivity (Wildman–Crippen MR) is 186 cm³/mol. The maximum Gasteiger partial charge on any atom is 0.407 e. The smallest absolute Gasteiger partial charge is 0.407 e. The number of nitrogens with zero attached hydrogens (tertiary/aromatic N) is 3. The standard InChI is InChI=1S/C38H42F4N6O4/c1-5-32(49)46-38(16-15-23-11-12-23,26-9-7-17-43-22-26)25-13-14-28(39)29(19-25)45-35(50)31-20-30(33(40)34(41)42)47-48(31)27-10-6-8-24(18-27)21-44-36(51)52-37(2,3)4/h6-10,13-14,17-20,22-23,33-34H,5,11-12,15-16,21H2,1-4H3,(H,44,51)(H,45,50)(H,46,49). The number of alkyl halides is 3. The molecule has 0 spiro atoms. The fraction of sp³-hybridized carbons (Fsp3) is 0.395. The first-order valence-corrected chi connectivity index (χ1v) is 17.1. The maximum atomic E-state index is 15.5. The number of nitrogens with one attached hydrogen (secondary N) is 3. The van der Waals surface area contributed by atoms with Crippen LogP contribution in [-0.4, -0.2) is 44.7 Å². The molecule has 3 N–H and O–H groups in total. The van der Waals surface area contributed by atoms with E-state index in [1.165, 1.54) is 30.3 Å². The molecule has 1 fully saturated rings. The van der Waals surface area contributed by atoms with Crippen LogP contribution < -0.4 is 16.0 Å². The van der Waals surface area contributed by atoms with Crippen molar-refractivity contribution in [2.24, 2.45) is 5.92 Å². The summed E-state index contributed by atoms with van der Waals surface area (Å²) in [4.78, 5) is 43.3. The summed E-state index contributed by atoms with van der Waals surface area (Å²) in [7, 11) is 0. The highest BCUT2D eigenvalue weighted by atomic mass is 19.3. The molecule has 2 aromatic heterocycles. The minimum absolute atomic E-state index is 0.00713. The van der Waals surface area contributed by atoms with Crippen LogP contribution >= 0.6 is 0 Å². The van der Waals surface area contributed by atoms with Crippen LogP contribution in [0.25, 0.3) is 5.69 Å². The Morgan fingerprint density at radius 2 is 1.77 bits per heavy atom. The molecule has 0 radical (unpaired) electrons.